The second-order valence-corrected chi connectivity index (χ2v) is 5.41. The lowest BCUT2D eigenvalue weighted by molar-refractivity contribution is -0.123. The molecule has 0 aliphatic carbocycles. The topological polar surface area (TPSA) is 47.6 Å². The van der Waals surface area contributed by atoms with Crippen molar-refractivity contribution in [1.29, 1.82) is 0 Å². The lowest BCUT2D eigenvalue weighted by Gasteiger charge is -2.18. The highest BCUT2D eigenvalue weighted by atomic mass is 16.5. The number of ether oxygens (including phenoxy) is 2. The van der Waals surface area contributed by atoms with Crippen molar-refractivity contribution in [3.63, 3.8) is 0 Å². The van der Waals surface area contributed by atoms with Gasteiger partial charge in [0.2, 0.25) is 0 Å². The van der Waals surface area contributed by atoms with Gasteiger partial charge in [-0.2, -0.15) is 0 Å². The van der Waals surface area contributed by atoms with Crippen LogP contribution in [0.1, 0.15) is 30.5 Å². The van der Waals surface area contributed by atoms with Crippen molar-refractivity contribution in [2.75, 3.05) is 13.7 Å². The maximum atomic E-state index is 12.1. The van der Waals surface area contributed by atoms with Crippen molar-refractivity contribution in [3.8, 4) is 11.5 Å². The number of carbonyl (C=O) groups excluding carboxylic acids is 1. The quantitative estimate of drug-likeness (QED) is 0.849. The van der Waals surface area contributed by atoms with Crippen molar-refractivity contribution in [2.45, 2.75) is 26.3 Å². The Morgan fingerprint density at radius 3 is 2.48 bits per heavy atom. The van der Waals surface area contributed by atoms with Crippen LogP contribution in [0.15, 0.2) is 48.5 Å². The molecule has 2 aromatic rings. The van der Waals surface area contributed by atoms with Crippen molar-refractivity contribution < 1.29 is 14.3 Å². The highest BCUT2D eigenvalue weighted by Gasteiger charge is 2.13. The fourth-order valence-corrected chi connectivity index (χ4v) is 2.35. The molecule has 23 heavy (non-hydrogen) atoms. The van der Waals surface area contributed by atoms with Crippen molar-refractivity contribution in [1.82, 2.24) is 5.32 Å². The lowest BCUT2D eigenvalue weighted by atomic mass is 10.0. The molecule has 0 unspecified atom stereocenters. The van der Waals surface area contributed by atoms with Gasteiger partial charge in [-0.15, -0.1) is 0 Å². The predicted octanol–water partition coefficient (Wildman–Crippen LogP) is 3.65. The van der Waals surface area contributed by atoms with Gasteiger partial charge in [-0.05, 0) is 48.7 Å². The number of methoxy groups -OCH3 is 1. The zero-order valence-corrected chi connectivity index (χ0v) is 13.8. The largest absolute Gasteiger partial charge is 0.497 e. The van der Waals surface area contributed by atoms with Crippen LogP contribution in [0.2, 0.25) is 0 Å². The average molecular weight is 313 g/mol. The lowest BCUT2D eigenvalue weighted by Crippen LogP contribution is -2.32. The van der Waals surface area contributed by atoms with E-state index in [1.54, 1.807) is 7.11 Å². The van der Waals surface area contributed by atoms with Gasteiger partial charge in [-0.3, -0.25) is 4.79 Å². The summed E-state index contributed by atoms with van der Waals surface area (Å²) in [5.74, 6) is 1.38. The van der Waals surface area contributed by atoms with E-state index in [0.29, 0.717) is 5.75 Å². The summed E-state index contributed by atoms with van der Waals surface area (Å²) in [4.78, 5) is 12.1. The van der Waals surface area contributed by atoms with Gasteiger partial charge in [0.25, 0.3) is 5.91 Å². The Morgan fingerprint density at radius 1 is 1.13 bits per heavy atom. The van der Waals surface area contributed by atoms with Crippen LogP contribution in [0.25, 0.3) is 0 Å². The van der Waals surface area contributed by atoms with Gasteiger partial charge >= 0.3 is 0 Å². The smallest absolute Gasteiger partial charge is 0.258 e. The Balaban J connectivity index is 1.91. The average Bonchev–Trinajstić information content (AvgIpc) is 2.58. The fraction of sp³-hybridized carbons (Fsp3) is 0.316. The van der Waals surface area contributed by atoms with E-state index < -0.39 is 0 Å². The van der Waals surface area contributed by atoms with Crippen molar-refractivity contribution in [3.05, 3.63) is 59.7 Å². The molecule has 4 nitrogen and oxygen atoms in total. The molecule has 0 saturated carbocycles. The molecule has 0 aliphatic heterocycles. The first-order valence-electron chi connectivity index (χ1n) is 7.75. The first-order chi connectivity index (χ1) is 11.1. The van der Waals surface area contributed by atoms with E-state index in [-0.39, 0.29) is 18.6 Å². The molecule has 0 bridgehead atoms. The van der Waals surface area contributed by atoms with Crippen LogP contribution >= 0.6 is 0 Å². The summed E-state index contributed by atoms with van der Waals surface area (Å²) in [6.07, 6.45) is 0.808. The SMILES string of the molecule is CC[C@H](NC(=O)COc1cccc(C)c1)c1ccc(OC)cc1. The number of carbonyl (C=O) groups is 1. The molecule has 0 heterocycles. The Labute approximate surface area is 137 Å². The minimum atomic E-state index is -0.130. The first kappa shape index (κ1) is 16.9. The summed E-state index contributed by atoms with van der Waals surface area (Å²) in [5.41, 5.74) is 2.16. The second-order valence-electron chi connectivity index (χ2n) is 5.41. The normalized spacial score (nSPS) is 11.6. The summed E-state index contributed by atoms with van der Waals surface area (Å²) >= 11 is 0. The number of amides is 1. The van der Waals surface area contributed by atoms with E-state index in [9.17, 15) is 4.79 Å². The van der Waals surface area contributed by atoms with Crippen LogP contribution in [0, 0.1) is 6.92 Å². The van der Waals surface area contributed by atoms with Gasteiger partial charge in [0.05, 0.1) is 13.2 Å². The van der Waals surface area contributed by atoms with E-state index in [0.717, 1.165) is 23.3 Å². The Bertz CT molecular complexity index is 637. The number of hydrogen-bond acceptors (Lipinski definition) is 3. The zero-order valence-electron chi connectivity index (χ0n) is 13.8. The second kappa shape index (κ2) is 8.22. The number of aryl methyl sites for hydroxylation is 1. The number of hydrogen-bond donors (Lipinski definition) is 1. The van der Waals surface area contributed by atoms with Gasteiger partial charge in [-0.25, -0.2) is 0 Å². The first-order valence-corrected chi connectivity index (χ1v) is 7.75. The van der Waals surface area contributed by atoms with Crippen LogP contribution in [0.4, 0.5) is 0 Å². The Morgan fingerprint density at radius 2 is 1.87 bits per heavy atom. The molecule has 0 saturated heterocycles. The molecular weight excluding hydrogens is 290 g/mol. The molecule has 0 spiro atoms. The summed E-state index contributed by atoms with van der Waals surface area (Å²) in [6, 6.07) is 15.4. The van der Waals surface area contributed by atoms with Crippen LogP contribution in [-0.2, 0) is 4.79 Å². The van der Waals surface area contributed by atoms with E-state index in [1.165, 1.54) is 0 Å². The molecule has 0 aromatic heterocycles. The van der Waals surface area contributed by atoms with Crippen molar-refractivity contribution in [2.24, 2.45) is 0 Å². The third kappa shape index (κ3) is 5.02. The molecule has 2 aromatic carbocycles. The standard InChI is InChI=1S/C19H23NO3/c1-4-18(15-8-10-16(22-3)11-9-15)20-19(21)13-23-17-7-5-6-14(2)12-17/h5-12,18H,4,13H2,1-3H3,(H,20,21)/t18-/m0/s1. The minimum Gasteiger partial charge on any atom is -0.497 e. The van der Waals surface area contributed by atoms with Gasteiger partial charge in [0, 0.05) is 0 Å². The zero-order chi connectivity index (χ0) is 16.7. The molecule has 0 radical (unpaired) electrons. The molecule has 1 N–H and O–H groups in total. The van der Waals surface area contributed by atoms with E-state index in [2.05, 4.69) is 5.32 Å². The third-order valence-electron chi connectivity index (χ3n) is 3.62. The Kier molecular flexibility index (Phi) is 6.03. The predicted molar refractivity (Wildman–Crippen MR) is 90.8 cm³/mol. The Hall–Kier alpha value is -2.49. The van der Waals surface area contributed by atoms with Crippen molar-refractivity contribution >= 4 is 5.91 Å². The van der Waals surface area contributed by atoms with Gasteiger partial charge in [0.15, 0.2) is 6.61 Å². The number of nitrogens with one attached hydrogen (secondary N) is 1. The molecule has 2 rings (SSSR count). The van der Waals surface area contributed by atoms with E-state index in [1.807, 2.05) is 62.4 Å². The number of rotatable bonds is 7. The minimum absolute atomic E-state index is 0.0100. The summed E-state index contributed by atoms with van der Waals surface area (Å²) in [7, 11) is 1.64. The van der Waals surface area contributed by atoms with Crippen LogP contribution in [-0.4, -0.2) is 19.6 Å². The van der Waals surface area contributed by atoms with Crippen LogP contribution in [0.5, 0.6) is 11.5 Å². The number of benzene rings is 2. The summed E-state index contributed by atoms with van der Waals surface area (Å²) in [5, 5.41) is 3.00. The molecule has 4 heteroatoms. The van der Waals surface area contributed by atoms with Gasteiger partial charge < -0.3 is 14.8 Å². The molecular formula is C19H23NO3. The molecule has 1 atom stereocenters. The van der Waals surface area contributed by atoms with Crippen LogP contribution < -0.4 is 14.8 Å². The van der Waals surface area contributed by atoms with Gasteiger partial charge in [-0.1, -0.05) is 31.2 Å². The van der Waals surface area contributed by atoms with Gasteiger partial charge in [0.1, 0.15) is 11.5 Å². The summed E-state index contributed by atoms with van der Waals surface area (Å²) in [6.45, 7) is 4.04. The monoisotopic (exact) mass is 313 g/mol. The van der Waals surface area contributed by atoms with Crippen LogP contribution in [0.3, 0.4) is 0 Å². The molecule has 0 fully saturated rings. The van der Waals surface area contributed by atoms with E-state index in [4.69, 9.17) is 9.47 Å². The van der Waals surface area contributed by atoms with E-state index >= 15 is 0 Å². The fourth-order valence-electron chi connectivity index (χ4n) is 2.35. The molecule has 1 amide bonds. The highest BCUT2D eigenvalue weighted by molar-refractivity contribution is 5.78. The molecule has 122 valence electrons. The third-order valence-corrected chi connectivity index (χ3v) is 3.62. The highest BCUT2D eigenvalue weighted by Crippen LogP contribution is 2.20. The maximum Gasteiger partial charge on any atom is 0.258 e. The summed E-state index contributed by atoms with van der Waals surface area (Å²) < 4.78 is 10.7. The maximum absolute atomic E-state index is 12.1. The molecule has 0 aliphatic rings.